The molecule has 7 aromatic rings. The molecule has 0 spiro atoms. The van der Waals surface area contributed by atoms with Gasteiger partial charge < -0.3 is 9.97 Å². The van der Waals surface area contributed by atoms with E-state index in [-0.39, 0.29) is 0 Å². The first-order valence-corrected chi connectivity index (χ1v) is 17.2. The van der Waals surface area contributed by atoms with E-state index in [9.17, 15) is 0 Å². The quantitative estimate of drug-likeness (QED) is 0.181. The average Bonchev–Trinajstić information content (AvgIpc) is 4.03. The van der Waals surface area contributed by atoms with E-state index < -0.39 is 0 Å². The van der Waals surface area contributed by atoms with Crippen LogP contribution in [0, 0.1) is 23.7 Å². The van der Waals surface area contributed by atoms with Crippen molar-refractivity contribution in [1.82, 2.24) is 19.9 Å². The lowest BCUT2D eigenvalue weighted by Crippen LogP contribution is -1.91. The Labute approximate surface area is 301 Å². The van der Waals surface area contributed by atoms with Crippen LogP contribution < -0.4 is 0 Å². The average molecular weight is 663 g/mol. The summed E-state index contributed by atoms with van der Waals surface area (Å²) in [4.78, 5) is 17.8. The maximum absolute atomic E-state index is 5.26. The van der Waals surface area contributed by atoms with Crippen LogP contribution in [-0.2, 0) is 0 Å². The summed E-state index contributed by atoms with van der Waals surface area (Å²) in [5, 5.41) is 0. The zero-order chi connectivity index (χ0) is 34.7. The Balaban J connectivity index is 1.34. The number of benzene rings is 4. The highest BCUT2D eigenvalue weighted by Crippen LogP contribution is 2.33. The second kappa shape index (κ2) is 13.5. The Hall–Kier alpha value is -7.40. The molecule has 5 heterocycles. The fourth-order valence-corrected chi connectivity index (χ4v) is 6.58. The molecule has 2 aliphatic heterocycles. The predicted molar refractivity (Wildman–Crippen MR) is 215 cm³/mol. The number of aromatic nitrogens is 4. The second-order valence-corrected chi connectivity index (χ2v) is 12.5. The van der Waals surface area contributed by atoms with Gasteiger partial charge in [-0.05, 0) is 90.0 Å². The molecule has 0 saturated carbocycles. The zero-order valence-electron chi connectivity index (χ0n) is 28.1. The molecular weight excluding hydrogens is 633 g/mol. The van der Waals surface area contributed by atoms with Gasteiger partial charge >= 0.3 is 0 Å². The van der Waals surface area contributed by atoms with E-state index in [1.165, 1.54) is 0 Å². The Morgan fingerprint density at radius 2 is 0.827 bits per heavy atom. The third-order valence-corrected chi connectivity index (χ3v) is 9.06. The van der Waals surface area contributed by atoms with Gasteiger partial charge in [0.05, 0.1) is 28.3 Å². The zero-order valence-corrected chi connectivity index (χ0v) is 28.1. The first kappa shape index (κ1) is 30.6. The van der Waals surface area contributed by atoms with Crippen molar-refractivity contribution in [2.24, 2.45) is 0 Å². The van der Waals surface area contributed by atoms with Gasteiger partial charge in [0.1, 0.15) is 0 Å². The largest absolute Gasteiger partial charge is 0.355 e. The van der Waals surface area contributed by atoms with E-state index in [4.69, 9.17) is 9.97 Å². The minimum Gasteiger partial charge on any atom is -0.355 e. The van der Waals surface area contributed by atoms with Gasteiger partial charge in [0, 0.05) is 49.9 Å². The lowest BCUT2D eigenvalue weighted by Gasteiger charge is -2.04. The topological polar surface area (TPSA) is 57.4 Å². The summed E-state index contributed by atoms with van der Waals surface area (Å²) in [5.41, 5.74) is 14.7. The standard InChI is InChI=1S/C48H30N4/c1-4-12-33(13-5-1)20-21-34-14-10-11-15-35(34)22-25-40-41-28-30-45(51-41)47(36-16-6-2-7-17-36)43-26-23-38(49-43)32-39-24-27-44(50-39)48(37-18-8-3-9-19-37)46-31-29-42(40)52-46/h1-19,23-24,26-32,49-50H. The Morgan fingerprint density at radius 3 is 1.35 bits per heavy atom. The number of fused-ring (bicyclic) bond motifs is 8. The summed E-state index contributed by atoms with van der Waals surface area (Å²) in [6.07, 6.45) is 8.24. The molecule has 4 heteroatoms. The van der Waals surface area contributed by atoms with Crippen molar-refractivity contribution in [2.75, 3.05) is 0 Å². The molecule has 2 aliphatic rings. The Morgan fingerprint density at radius 1 is 0.385 bits per heavy atom. The number of nitrogens with one attached hydrogen (secondary N) is 2. The second-order valence-electron chi connectivity index (χ2n) is 12.5. The van der Waals surface area contributed by atoms with Crippen molar-refractivity contribution in [3.05, 3.63) is 191 Å². The van der Waals surface area contributed by atoms with Crippen LogP contribution in [0.5, 0.6) is 0 Å². The number of nitrogens with zero attached hydrogens (tertiary/aromatic N) is 2. The fourth-order valence-electron chi connectivity index (χ4n) is 6.58. The summed E-state index contributed by atoms with van der Waals surface area (Å²) in [5.74, 6) is 13.6. The number of hydrogen-bond acceptors (Lipinski definition) is 2. The molecule has 0 radical (unpaired) electrons. The van der Waals surface area contributed by atoms with Gasteiger partial charge in [-0.1, -0.05) is 115 Å². The van der Waals surface area contributed by atoms with Gasteiger partial charge in [-0.15, -0.1) is 0 Å². The van der Waals surface area contributed by atoms with Crippen LogP contribution in [0.25, 0.3) is 68.6 Å². The number of hydrogen-bond donors (Lipinski definition) is 2. The van der Waals surface area contributed by atoms with Crippen molar-refractivity contribution in [3.63, 3.8) is 0 Å². The molecule has 8 bridgehead atoms. The van der Waals surface area contributed by atoms with E-state index in [0.29, 0.717) is 0 Å². The maximum atomic E-state index is 5.26. The molecule has 242 valence electrons. The summed E-state index contributed by atoms with van der Waals surface area (Å²) in [6.45, 7) is 0. The van der Waals surface area contributed by atoms with Gasteiger partial charge in [0.15, 0.2) is 0 Å². The molecule has 0 fully saturated rings. The summed E-state index contributed by atoms with van der Waals surface area (Å²) in [6, 6.07) is 49.3. The molecule has 52 heavy (non-hydrogen) atoms. The minimum absolute atomic E-state index is 0.739. The SMILES string of the molecule is C(#Cc1ccccc1C#Cc1c2nc(c(-c3ccccc3)c3ccc(cc4ccc([nH]4)c(-c4ccccc4)c4nc1C=C4)[nH]3)C=C2)c1ccccc1. The Bertz CT molecular complexity index is 2700. The van der Waals surface area contributed by atoms with E-state index >= 15 is 0 Å². The van der Waals surface area contributed by atoms with Crippen molar-refractivity contribution < 1.29 is 0 Å². The molecule has 0 unspecified atom stereocenters. The van der Waals surface area contributed by atoms with Crippen molar-refractivity contribution >= 4 is 46.4 Å². The van der Waals surface area contributed by atoms with Crippen LogP contribution in [-0.4, -0.2) is 19.9 Å². The first-order valence-electron chi connectivity index (χ1n) is 17.2. The van der Waals surface area contributed by atoms with Crippen LogP contribution in [0.15, 0.2) is 146 Å². The monoisotopic (exact) mass is 662 g/mol. The molecule has 0 atom stereocenters. The molecule has 0 saturated heterocycles. The van der Waals surface area contributed by atoms with Crippen LogP contribution >= 0.6 is 0 Å². The summed E-state index contributed by atoms with van der Waals surface area (Å²) < 4.78 is 0. The van der Waals surface area contributed by atoms with Crippen LogP contribution in [0.1, 0.15) is 45.0 Å². The normalized spacial score (nSPS) is 11.4. The van der Waals surface area contributed by atoms with E-state index in [2.05, 4.69) is 125 Å². The predicted octanol–water partition coefficient (Wildman–Crippen LogP) is 10.8. The lowest BCUT2D eigenvalue weighted by atomic mass is 10.0. The Kier molecular flexibility index (Phi) is 7.95. The number of H-pyrrole nitrogens is 2. The van der Waals surface area contributed by atoms with E-state index in [1.54, 1.807) is 0 Å². The highest BCUT2D eigenvalue weighted by atomic mass is 14.8. The van der Waals surface area contributed by atoms with Crippen molar-refractivity contribution in [2.45, 2.75) is 0 Å². The van der Waals surface area contributed by atoms with Crippen LogP contribution in [0.4, 0.5) is 0 Å². The third-order valence-electron chi connectivity index (χ3n) is 9.06. The van der Waals surface area contributed by atoms with Crippen molar-refractivity contribution in [1.29, 1.82) is 0 Å². The minimum atomic E-state index is 0.739. The van der Waals surface area contributed by atoms with Crippen LogP contribution in [0.3, 0.4) is 0 Å². The van der Waals surface area contributed by atoms with Crippen molar-refractivity contribution in [3.8, 4) is 45.9 Å². The molecule has 9 rings (SSSR count). The fraction of sp³-hybridized carbons (Fsp3) is 0. The summed E-state index contributed by atoms with van der Waals surface area (Å²) >= 11 is 0. The van der Waals surface area contributed by atoms with Crippen LogP contribution in [0.2, 0.25) is 0 Å². The highest BCUT2D eigenvalue weighted by Gasteiger charge is 2.17. The molecule has 4 aromatic carbocycles. The third kappa shape index (κ3) is 6.14. The molecule has 3 aromatic heterocycles. The molecule has 2 N–H and O–H groups in total. The first-order chi connectivity index (χ1) is 25.7. The lowest BCUT2D eigenvalue weighted by molar-refractivity contribution is 1.26. The summed E-state index contributed by atoms with van der Waals surface area (Å²) in [7, 11) is 0. The number of rotatable bonds is 2. The molecular formula is C48H30N4. The van der Waals surface area contributed by atoms with Gasteiger partial charge in [-0.3, -0.25) is 0 Å². The highest BCUT2D eigenvalue weighted by molar-refractivity contribution is 5.94. The van der Waals surface area contributed by atoms with E-state index in [1.807, 2.05) is 78.9 Å². The molecule has 0 aliphatic carbocycles. The molecule has 0 amide bonds. The smallest absolute Gasteiger partial charge is 0.0816 e. The van der Waals surface area contributed by atoms with Gasteiger partial charge in [-0.25, -0.2) is 9.97 Å². The maximum Gasteiger partial charge on any atom is 0.0816 e. The molecule has 4 nitrogen and oxygen atoms in total. The van der Waals surface area contributed by atoms with Gasteiger partial charge in [0.25, 0.3) is 0 Å². The van der Waals surface area contributed by atoms with E-state index in [0.717, 1.165) is 89.4 Å². The van der Waals surface area contributed by atoms with Gasteiger partial charge in [0.2, 0.25) is 0 Å². The van der Waals surface area contributed by atoms with Gasteiger partial charge in [-0.2, -0.15) is 0 Å². The number of aromatic amines is 2.